The fourth-order valence-corrected chi connectivity index (χ4v) is 2.01. The van der Waals surface area contributed by atoms with Crippen molar-refractivity contribution >= 4 is 5.91 Å². The van der Waals surface area contributed by atoms with Crippen molar-refractivity contribution in [2.24, 2.45) is 0 Å². The molecule has 1 atom stereocenters. The third-order valence-corrected chi connectivity index (χ3v) is 2.98. The van der Waals surface area contributed by atoms with E-state index in [4.69, 9.17) is 0 Å². The molecule has 1 aromatic carbocycles. The first-order valence-corrected chi connectivity index (χ1v) is 6.54. The van der Waals surface area contributed by atoms with Crippen LogP contribution in [0.15, 0.2) is 42.5 Å². The van der Waals surface area contributed by atoms with E-state index in [0.29, 0.717) is 17.7 Å². The Labute approximate surface area is 117 Å². The number of benzene rings is 1. The summed E-state index contributed by atoms with van der Waals surface area (Å²) in [6.45, 7) is 3.68. The van der Waals surface area contributed by atoms with Gasteiger partial charge in [0.1, 0.15) is 11.5 Å². The number of aromatic nitrogens is 1. The maximum atomic E-state index is 13.5. The van der Waals surface area contributed by atoms with E-state index in [1.54, 1.807) is 30.3 Å². The lowest BCUT2D eigenvalue weighted by Gasteiger charge is -2.14. The molecule has 0 aliphatic heterocycles. The first kappa shape index (κ1) is 14.2. The Kier molecular flexibility index (Phi) is 4.45. The summed E-state index contributed by atoms with van der Waals surface area (Å²) in [6.07, 6.45) is 0.449. The lowest BCUT2D eigenvalue weighted by molar-refractivity contribution is 0.0934. The molecule has 1 aromatic heterocycles. The normalized spacial score (nSPS) is 11.9. The number of hydrogen-bond acceptors (Lipinski definition) is 2. The smallest absolute Gasteiger partial charge is 0.270 e. The summed E-state index contributed by atoms with van der Waals surface area (Å²) < 4.78 is 13.5. The van der Waals surface area contributed by atoms with Crippen LogP contribution in [-0.2, 0) is 6.42 Å². The van der Waals surface area contributed by atoms with Crippen molar-refractivity contribution in [2.75, 3.05) is 0 Å². The second kappa shape index (κ2) is 6.28. The van der Waals surface area contributed by atoms with Gasteiger partial charge < -0.3 is 5.32 Å². The topological polar surface area (TPSA) is 42.0 Å². The van der Waals surface area contributed by atoms with Crippen molar-refractivity contribution in [3.8, 4) is 0 Å². The van der Waals surface area contributed by atoms with Gasteiger partial charge in [0.2, 0.25) is 0 Å². The van der Waals surface area contributed by atoms with Crippen molar-refractivity contribution in [1.29, 1.82) is 0 Å². The molecule has 104 valence electrons. The van der Waals surface area contributed by atoms with Crippen LogP contribution in [0.2, 0.25) is 0 Å². The Morgan fingerprint density at radius 2 is 2.00 bits per heavy atom. The molecule has 2 aromatic rings. The average Bonchev–Trinajstić information content (AvgIpc) is 2.41. The zero-order valence-electron chi connectivity index (χ0n) is 11.6. The Hall–Kier alpha value is -2.23. The number of hydrogen-bond donors (Lipinski definition) is 1. The van der Waals surface area contributed by atoms with E-state index < -0.39 is 0 Å². The van der Waals surface area contributed by atoms with Gasteiger partial charge in [0.25, 0.3) is 5.91 Å². The molecule has 0 spiro atoms. The van der Waals surface area contributed by atoms with Crippen LogP contribution in [0.3, 0.4) is 0 Å². The molecule has 1 N–H and O–H groups in total. The summed E-state index contributed by atoms with van der Waals surface area (Å²) in [6, 6.07) is 11.7. The molecule has 0 bridgehead atoms. The van der Waals surface area contributed by atoms with Crippen LogP contribution in [-0.4, -0.2) is 16.9 Å². The van der Waals surface area contributed by atoms with Gasteiger partial charge in [0.15, 0.2) is 0 Å². The predicted octanol–water partition coefficient (Wildman–Crippen LogP) is 2.89. The minimum absolute atomic E-state index is 0.165. The quantitative estimate of drug-likeness (QED) is 0.930. The van der Waals surface area contributed by atoms with Crippen molar-refractivity contribution in [2.45, 2.75) is 26.3 Å². The van der Waals surface area contributed by atoms with Gasteiger partial charge in [0.05, 0.1) is 0 Å². The van der Waals surface area contributed by atoms with Gasteiger partial charge in [-0.3, -0.25) is 4.79 Å². The van der Waals surface area contributed by atoms with E-state index in [2.05, 4.69) is 10.3 Å². The predicted molar refractivity (Wildman–Crippen MR) is 76.0 cm³/mol. The number of carbonyl (C=O) groups is 1. The highest BCUT2D eigenvalue weighted by molar-refractivity contribution is 5.92. The number of halogens is 1. The maximum Gasteiger partial charge on any atom is 0.270 e. The Bertz CT molecular complexity index is 613. The van der Waals surface area contributed by atoms with Gasteiger partial charge in [-0.25, -0.2) is 9.37 Å². The van der Waals surface area contributed by atoms with E-state index in [9.17, 15) is 9.18 Å². The van der Waals surface area contributed by atoms with E-state index in [0.717, 1.165) is 5.69 Å². The standard InChI is InChI=1S/C16H17FN2O/c1-11-6-5-9-15(18-11)16(20)19-12(2)10-13-7-3-4-8-14(13)17/h3-9,12H,10H2,1-2H3,(H,19,20). The summed E-state index contributed by atoms with van der Waals surface area (Å²) in [5.74, 6) is -0.486. The molecule has 0 saturated heterocycles. The molecule has 0 radical (unpaired) electrons. The number of amides is 1. The van der Waals surface area contributed by atoms with E-state index >= 15 is 0 Å². The summed E-state index contributed by atoms with van der Waals surface area (Å²) in [7, 11) is 0. The van der Waals surface area contributed by atoms with Crippen LogP contribution in [0.5, 0.6) is 0 Å². The monoisotopic (exact) mass is 272 g/mol. The number of pyridine rings is 1. The molecule has 1 unspecified atom stereocenters. The molecule has 2 rings (SSSR count). The Morgan fingerprint density at radius 3 is 2.70 bits per heavy atom. The van der Waals surface area contributed by atoms with Crippen LogP contribution < -0.4 is 5.32 Å². The molecule has 0 saturated carbocycles. The summed E-state index contributed by atoms with van der Waals surface area (Å²) in [5.41, 5.74) is 1.77. The van der Waals surface area contributed by atoms with Crippen LogP contribution in [0.4, 0.5) is 4.39 Å². The molecule has 20 heavy (non-hydrogen) atoms. The summed E-state index contributed by atoms with van der Waals surface area (Å²) in [4.78, 5) is 16.2. The van der Waals surface area contributed by atoms with E-state index in [1.807, 2.05) is 19.9 Å². The molecule has 1 heterocycles. The van der Waals surface area contributed by atoms with E-state index in [1.165, 1.54) is 6.07 Å². The zero-order valence-corrected chi connectivity index (χ0v) is 11.6. The van der Waals surface area contributed by atoms with Crippen LogP contribution in [0, 0.1) is 12.7 Å². The van der Waals surface area contributed by atoms with Crippen LogP contribution in [0.25, 0.3) is 0 Å². The fourth-order valence-electron chi connectivity index (χ4n) is 2.01. The van der Waals surface area contributed by atoms with Gasteiger partial charge in [-0.05, 0) is 44.0 Å². The molecule has 0 aliphatic rings. The first-order valence-electron chi connectivity index (χ1n) is 6.54. The third kappa shape index (κ3) is 3.63. The maximum absolute atomic E-state index is 13.5. The molecule has 4 heteroatoms. The second-order valence-electron chi connectivity index (χ2n) is 4.83. The largest absolute Gasteiger partial charge is 0.348 e. The van der Waals surface area contributed by atoms with Gasteiger partial charge in [-0.2, -0.15) is 0 Å². The lowest BCUT2D eigenvalue weighted by Crippen LogP contribution is -2.34. The van der Waals surface area contributed by atoms with Crippen LogP contribution in [0.1, 0.15) is 28.7 Å². The van der Waals surface area contributed by atoms with Gasteiger partial charge in [0, 0.05) is 11.7 Å². The lowest BCUT2D eigenvalue weighted by atomic mass is 10.1. The minimum Gasteiger partial charge on any atom is -0.348 e. The highest BCUT2D eigenvalue weighted by atomic mass is 19.1. The molecule has 3 nitrogen and oxygen atoms in total. The van der Waals surface area contributed by atoms with Crippen molar-refractivity contribution in [1.82, 2.24) is 10.3 Å². The van der Waals surface area contributed by atoms with Gasteiger partial charge >= 0.3 is 0 Å². The SMILES string of the molecule is Cc1cccc(C(=O)NC(C)Cc2ccccc2F)n1. The average molecular weight is 272 g/mol. The van der Waals surface area contributed by atoms with Crippen molar-refractivity contribution < 1.29 is 9.18 Å². The molecular formula is C16H17FN2O. The number of nitrogens with one attached hydrogen (secondary N) is 1. The van der Waals surface area contributed by atoms with Crippen molar-refractivity contribution in [3.05, 3.63) is 65.2 Å². The summed E-state index contributed by atoms with van der Waals surface area (Å²) >= 11 is 0. The van der Waals surface area contributed by atoms with Crippen LogP contribution >= 0.6 is 0 Å². The molecule has 0 fully saturated rings. The number of aryl methyl sites for hydroxylation is 1. The Morgan fingerprint density at radius 1 is 1.25 bits per heavy atom. The first-order chi connectivity index (χ1) is 9.56. The summed E-state index contributed by atoms with van der Waals surface area (Å²) in [5, 5.41) is 2.83. The number of carbonyl (C=O) groups excluding carboxylic acids is 1. The number of nitrogens with zero attached hydrogens (tertiary/aromatic N) is 1. The van der Waals surface area contributed by atoms with Gasteiger partial charge in [-0.15, -0.1) is 0 Å². The fraction of sp³-hybridized carbons (Fsp3) is 0.250. The molecule has 0 aliphatic carbocycles. The van der Waals surface area contributed by atoms with Crippen molar-refractivity contribution in [3.63, 3.8) is 0 Å². The van der Waals surface area contributed by atoms with E-state index in [-0.39, 0.29) is 17.8 Å². The minimum atomic E-state index is -0.248. The highest BCUT2D eigenvalue weighted by Crippen LogP contribution is 2.09. The zero-order chi connectivity index (χ0) is 14.5. The molecule has 1 amide bonds. The Balaban J connectivity index is 2.00. The third-order valence-electron chi connectivity index (χ3n) is 2.98. The molecular weight excluding hydrogens is 255 g/mol. The number of rotatable bonds is 4. The van der Waals surface area contributed by atoms with Gasteiger partial charge in [-0.1, -0.05) is 24.3 Å². The highest BCUT2D eigenvalue weighted by Gasteiger charge is 2.13. The second-order valence-corrected chi connectivity index (χ2v) is 4.83.